The summed E-state index contributed by atoms with van der Waals surface area (Å²) in [5.74, 6) is -0.806. The van der Waals surface area contributed by atoms with Gasteiger partial charge in [0.2, 0.25) is 0 Å². The van der Waals surface area contributed by atoms with Crippen molar-refractivity contribution >= 4 is 24.3 Å². The molecular formula is C10H8N2O4S. The standard InChI is InChI=1S/C10H8N2O4S/c1-2-16-10(13)7-4-3-6(5-11)9(17)8(7)12(14)15/h3-4,17H,2H2,1H3. The van der Waals surface area contributed by atoms with Crippen molar-refractivity contribution in [3.63, 3.8) is 0 Å². The van der Waals surface area contributed by atoms with Gasteiger partial charge in [0, 0.05) is 0 Å². The van der Waals surface area contributed by atoms with E-state index in [1.165, 1.54) is 12.1 Å². The first kappa shape index (κ1) is 13.0. The molecule has 17 heavy (non-hydrogen) atoms. The Bertz CT molecular complexity index is 522. The summed E-state index contributed by atoms with van der Waals surface area (Å²) in [5.41, 5.74) is -0.681. The number of thiol groups is 1. The fourth-order valence-corrected chi connectivity index (χ4v) is 1.55. The van der Waals surface area contributed by atoms with Crippen molar-refractivity contribution in [2.24, 2.45) is 0 Å². The van der Waals surface area contributed by atoms with Gasteiger partial charge in [-0.15, -0.1) is 12.6 Å². The summed E-state index contributed by atoms with van der Waals surface area (Å²) in [5, 5.41) is 19.6. The summed E-state index contributed by atoms with van der Waals surface area (Å²) in [6.07, 6.45) is 0. The van der Waals surface area contributed by atoms with Crippen molar-refractivity contribution in [2.45, 2.75) is 11.8 Å². The number of nitrogens with zero attached hydrogens (tertiary/aromatic N) is 2. The van der Waals surface area contributed by atoms with Gasteiger partial charge in [-0.25, -0.2) is 4.79 Å². The van der Waals surface area contributed by atoms with E-state index in [0.29, 0.717) is 0 Å². The zero-order chi connectivity index (χ0) is 13.0. The highest BCUT2D eigenvalue weighted by molar-refractivity contribution is 7.80. The fourth-order valence-electron chi connectivity index (χ4n) is 1.23. The molecule has 0 fully saturated rings. The molecule has 0 aliphatic rings. The number of hydrogen-bond donors (Lipinski definition) is 1. The Balaban J connectivity index is 3.43. The van der Waals surface area contributed by atoms with Gasteiger partial charge in [-0.05, 0) is 19.1 Å². The molecule has 88 valence electrons. The minimum absolute atomic E-state index is 0.0353. The lowest BCUT2D eigenvalue weighted by Gasteiger charge is -2.05. The molecule has 0 radical (unpaired) electrons. The van der Waals surface area contributed by atoms with Gasteiger partial charge in [0.05, 0.1) is 17.1 Å². The van der Waals surface area contributed by atoms with Crippen molar-refractivity contribution in [2.75, 3.05) is 6.61 Å². The molecule has 0 aliphatic heterocycles. The molecule has 0 atom stereocenters. The first-order valence-electron chi connectivity index (χ1n) is 4.60. The first-order valence-corrected chi connectivity index (χ1v) is 5.05. The molecule has 0 bridgehead atoms. The number of carbonyl (C=O) groups is 1. The topological polar surface area (TPSA) is 93.2 Å². The van der Waals surface area contributed by atoms with Crippen LogP contribution in [0, 0.1) is 21.4 Å². The van der Waals surface area contributed by atoms with Crippen molar-refractivity contribution in [1.29, 1.82) is 5.26 Å². The van der Waals surface area contributed by atoms with Crippen LogP contribution in [-0.2, 0) is 4.74 Å². The van der Waals surface area contributed by atoms with E-state index in [2.05, 4.69) is 17.4 Å². The van der Waals surface area contributed by atoms with Crippen molar-refractivity contribution in [3.8, 4) is 6.07 Å². The SMILES string of the molecule is CCOC(=O)c1ccc(C#N)c(S)c1[N+](=O)[O-]. The molecule has 0 aromatic heterocycles. The molecule has 0 N–H and O–H groups in total. The third-order valence-electron chi connectivity index (χ3n) is 1.95. The predicted octanol–water partition coefficient (Wildman–Crippen LogP) is 1.93. The third kappa shape index (κ3) is 2.54. The van der Waals surface area contributed by atoms with Crippen LogP contribution in [0.25, 0.3) is 0 Å². The molecule has 0 aliphatic carbocycles. The number of nitro benzene ring substituents is 1. The van der Waals surface area contributed by atoms with E-state index in [0.717, 1.165) is 0 Å². The average molecular weight is 252 g/mol. The van der Waals surface area contributed by atoms with Crippen LogP contribution in [0.15, 0.2) is 17.0 Å². The number of esters is 1. The second-order valence-electron chi connectivity index (χ2n) is 2.95. The zero-order valence-corrected chi connectivity index (χ0v) is 9.73. The van der Waals surface area contributed by atoms with Crippen LogP contribution in [0.3, 0.4) is 0 Å². The van der Waals surface area contributed by atoms with Gasteiger partial charge in [0.25, 0.3) is 5.69 Å². The quantitative estimate of drug-likeness (QED) is 0.384. The number of rotatable bonds is 3. The Morgan fingerprint density at radius 1 is 1.65 bits per heavy atom. The smallest absolute Gasteiger partial charge is 0.345 e. The Morgan fingerprint density at radius 2 is 2.29 bits per heavy atom. The van der Waals surface area contributed by atoms with E-state index in [-0.39, 0.29) is 22.6 Å². The normalized spacial score (nSPS) is 9.47. The molecular weight excluding hydrogens is 244 g/mol. The third-order valence-corrected chi connectivity index (χ3v) is 2.40. The monoisotopic (exact) mass is 252 g/mol. The van der Waals surface area contributed by atoms with E-state index < -0.39 is 16.6 Å². The number of hydrogen-bond acceptors (Lipinski definition) is 6. The lowest BCUT2D eigenvalue weighted by Crippen LogP contribution is -2.09. The Morgan fingerprint density at radius 3 is 2.76 bits per heavy atom. The van der Waals surface area contributed by atoms with Crippen LogP contribution < -0.4 is 0 Å². The lowest BCUT2D eigenvalue weighted by atomic mass is 10.1. The Kier molecular flexibility index (Phi) is 4.06. The van der Waals surface area contributed by atoms with E-state index in [1.54, 1.807) is 13.0 Å². The van der Waals surface area contributed by atoms with Gasteiger partial charge in [-0.3, -0.25) is 10.1 Å². The molecule has 1 rings (SSSR count). The fraction of sp³-hybridized carbons (Fsp3) is 0.200. The highest BCUT2D eigenvalue weighted by Crippen LogP contribution is 2.30. The highest BCUT2D eigenvalue weighted by Gasteiger charge is 2.26. The summed E-state index contributed by atoms with van der Waals surface area (Å²) < 4.78 is 4.69. The molecule has 0 saturated carbocycles. The maximum Gasteiger partial charge on any atom is 0.345 e. The Labute approximate surface area is 102 Å². The van der Waals surface area contributed by atoms with Crippen LogP contribution in [0.5, 0.6) is 0 Å². The molecule has 6 nitrogen and oxygen atoms in total. The number of benzene rings is 1. The largest absolute Gasteiger partial charge is 0.462 e. The van der Waals surface area contributed by atoms with E-state index in [9.17, 15) is 14.9 Å². The Hall–Kier alpha value is -2.07. The van der Waals surface area contributed by atoms with Crippen molar-refractivity contribution in [3.05, 3.63) is 33.4 Å². The summed E-state index contributed by atoms with van der Waals surface area (Å²) in [6.45, 7) is 1.70. The van der Waals surface area contributed by atoms with Crippen LogP contribution in [-0.4, -0.2) is 17.5 Å². The van der Waals surface area contributed by atoms with Crippen molar-refractivity contribution < 1.29 is 14.5 Å². The number of nitriles is 1. The van der Waals surface area contributed by atoms with Gasteiger partial charge in [-0.1, -0.05) is 0 Å². The van der Waals surface area contributed by atoms with Gasteiger partial charge in [0.15, 0.2) is 0 Å². The molecule has 0 spiro atoms. The second-order valence-corrected chi connectivity index (χ2v) is 3.39. The van der Waals surface area contributed by atoms with Crippen molar-refractivity contribution in [1.82, 2.24) is 0 Å². The minimum Gasteiger partial charge on any atom is -0.462 e. The molecule has 0 heterocycles. The van der Waals surface area contributed by atoms with Crippen LogP contribution in [0.1, 0.15) is 22.8 Å². The van der Waals surface area contributed by atoms with Crippen LogP contribution in [0.4, 0.5) is 5.69 Å². The highest BCUT2D eigenvalue weighted by atomic mass is 32.1. The summed E-state index contributed by atoms with van der Waals surface area (Å²) >= 11 is 3.89. The zero-order valence-electron chi connectivity index (χ0n) is 8.84. The van der Waals surface area contributed by atoms with Gasteiger partial charge >= 0.3 is 5.97 Å². The van der Waals surface area contributed by atoms with E-state index >= 15 is 0 Å². The van der Waals surface area contributed by atoms with E-state index in [4.69, 9.17) is 5.26 Å². The molecule has 0 amide bonds. The van der Waals surface area contributed by atoms with Gasteiger partial charge in [-0.2, -0.15) is 5.26 Å². The molecule has 1 aromatic rings. The molecule has 0 saturated heterocycles. The number of nitro groups is 1. The number of carbonyl (C=O) groups excluding carboxylic acids is 1. The van der Waals surface area contributed by atoms with Crippen LogP contribution in [0.2, 0.25) is 0 Å². The summed E-state index contributed by atoms with van der Waals surface area (Å²) in [6, 6.07) is 4.24. The molecule has 0 unspecified atom stereocenters. The molecule has 7 heteroatoms. The average Bonchev–Trinajstić information content (AvgIpc) is 2.28. The number of ether oxygens (including phenoxy) is 1. The lowest BCUT2D eigenvalue weighted by molar-refractivity contribution is -0.388. The maximum atomic E-state index is 11.5. The first-order chi connectivity index (χ1) is 8.02. The summed E-state index contributed by atoms with van der Waals surface area (Å²) in [7, 11) is 0. The predicted molar refractivity (Wildman–Crippen MR) is 61.0 cm³/mol. The second kappa shape index (κ2) is 5.32. The van der Waals surface area contributed by atoms with E-state index in [1.807, 2.05) is 0 Å². The van der Waals surface area contributed by atoms with Gasteiger partial charge < -0.3 is 4.74 Å². The minimum atomic E-state index is -0.806. The van der Waals surface area contributed by atoms with Crippen LogP contribution >= 0.6 is 12.6 Å². The molecule has 1 aromatic carbocycles. The summed E-state index contributed by atoms with van der Waals surface area (Å²) in [4.78, 5) is 21.4. The van der Waals surface area contributed by atoms with Gasteiger partial charge in [0.1, 0.15) is 16.5 Å². The maximum absolute atomic E-state index is 11.5.